The number of fused-ring (bicyclic) bond motifs is 1. The van der Waals surface area contributed by atoms with E-state index in [0.717, 1.165) is 0 Å². The normalized spacial score (nSPS) is 11.6. The molecule has 29 heavy (non-hydrogen) atoms. The predicted octanol–water partition coefficient (Wildman–Crippen LogP) is 2.55. The van der Waals surface area contributed by atoms with Crippen molar-refractivity contribution in [2.45, 2.75) is 24.3 Å². The Kier molecular flexibility index (Phi) is 6.73. The van der Waals surface area contributed by atoms with Crippen LogP contribution in [0.1, 0.15) is 12.8 Å². The van der Waals surface area contributed by atoms with E-state index in [9.17, 15) is 18.0 Å². The second-order valence-electron chi connectivity index (χ2n) is 6.17. The molecule has 0 atom stereocenters. The van der Waals surface area contributed by atoms with Crippen molar-refractivity contribution in [3.63, 3.8) is 0 Å². The molecule has 0 saturated carbocycles. The molecule has 1 N–H and O–H groups in total. The van der Waals surface area contributed by atoms with Gasteiger partial charge in [-0.25, -0.2) is 17.9 Å². The number of aryl methyl sites for hydroxylation is 1. The zero-order valence-electron chi connectivity index (χ0n) is 15.3. The fourth-order valence-corrected chi connectivity index (χ4v) is 4.04. The minimum absolute atomic E-state index is 0.0242. The number of benzene rings is 2. The molecule has 3 rings (SSSR count). The lowest BCUT2D eigenvalue weighted by molar-refractivity contribution is -0.143. The number of carbonyl (C=O) groups is 1. The van der Waals surface area contributed by atoms with E-state index >= 15 is 0 Å². The van der Waals surface area contributed by atoms with Crippen molar-refractivity contribution in [2.75, 3.05) is 13.2 Å². The number of nitrogens with zero attached hydrogens (tertiary/aromatic N) is 1. The minimum atomic E-state index is -3.75. The largest absolute Gasteiger partial charge is 0.466 e. The van der Waals surface area contributed by atoms with Crippen molar-refractivity contribution in [2.24, 2.45) is 0 Å². The predicted molar refractivity (Wildman–Crippen MR) is 107 cm³/mol. The van der Waals surface area contributed by atoms with Crippen molar-refractivity contribution < 1.29 is 22.4 Å². The molecule has 3 aromatic rings. The van der Waals surface area contributed by atoms with Crippen molar-refractivity contribution in [3.05, 3.63) is 64.1 Å². The van der Waals surface area contributed by atoms with Gasteiger partial charge in [0.05, 0.1) is 23.4 Å². The van der Waals surface area contributed by atoms with Crippen LogP contribution < -0.4 is 10.5 Å². The lowest BCUT2D eigenvalue weighted by atomic mass is 10.3. The first kappa shape index (κ1) is 21.1. The van der Waals surface area contributed by atoms with E-state index in [1.54, 1.807) is 30.3 Å². The SMILES string of the molecule is O=C(CCNS(=O)(=O)c1cccc(Cl)c1)OCCCn1c(=O)oc2ccccc21. The third-order valence-corrected chi connectivity index (χ3v) is 5.78. The Morgan fingerprint density at radius 1 is 1.17 bits per heavy atom. The lowest BCUT2D eigenvalue weighted by Gasteiger charge is -2.08. The van der Waals surface area contributed by atoms with Gasteiger partial charge >= 0.3 is 11.7 Å². The topological polar surface area (TPSA) is 108 Å². The van der Waals surface area contributed by atoms with Gasteiger partial charge in [-0.05, 0) is 36.8 Å². The van der Waals surface area contributed by atoms with Crippen LogP contribution in [0.25, 0.3) is 11.1 Å². The van der Waals surface area contributed by atoms with Gasteiger partial charge in [0.25, 0.3) is 0 Å². The summed E-state index contributed by atoms with van der Waals surface area (Å²) in [5.41, 5.74) is 1.18. The van der Waals surface area contributed by atoms with Crippen molar-refractivity contribution >= 4 is 38.7 Å². The molecule has 10 heteroatoms. The van der Waals surface area contributed by atoms with Crippen LogP contribution in [0.3, 0.4) is 0 Å². The van der Waals surface area contributed by atoms with E-state index in [0.29, 0.717) is 29.1 Å². The molecule has 154 valence electrons. The quantitative estimate of drug-likeness (QED) is 0.406. The second-order valence-corrected chi connectivity index (χ2v) is 8.37. The molecule has 0 aliphatic rings. The average molecular weight is 439 g/mol. The summed E-state index contributed by atoms with van der Waals surface area (Å²) in [7, 11) is -3.75. The Labute approximate surface area is 172 Å². The number of rotatable bonds is 9. The molecule has 0 spiro atoms. The zero-order valence-corrected chi connectivity index (χ0v) is 16.9. The van der Waals surface area contributed by atoms with Crippen molar-refractivity contribution in [1.29, 1.82) is 0 Å². The van der Waals surface area contributed by atoms with Crippen LogP contribution in [-0.2, 0) is 26.1 Å². The number of esters is 1. The zero-order chi connectivity index (χ0) is 20.9. The molecule has 0 saturated heterocycles. The number of nitrogens with one attached hydrogen (secondary N) is 1. The fraction of sp³-hybridized carbons (Fsp3) is 0.263. The average Bonchev–Trinajstić information content (AvgIpc) is 3.00. The van der Waals surface area contributed by atoms with Gasteiger partial charge in [0.1, 0.15) is 0 Å². The standard InChI is InChI=1S/C19H19ClN2O6S/c20-14-5-3-6-15(13-14)29(25,26)21-10-9-18(23)27-12-4-11-22-16-7-1-2-8-17(16)28-19(22)24/h1-3,5-8,13,21H,4,9-12H2. The summed E-state index contributed by atoms with van der Waals surface area (Å²) >= 11 is 5.79. The molecule has 0 aliphatic carbocycles. The Morgan fingerprint density at radius 3 is 2.76 bits per heavy atom. The van der Waals surface area contributed by atoms with E-state index in [1.807, 2.05) is 0 Å². The Morgan fingerprint density at radius 2 is 1.97 bits per heavy atom. The summed E-state index contributed by atoms with van der Waals surface area (Å²) < 4.78 is 38.3. The van der Waals surface area contributed by atoms with Gasteiger partial charge in [0, 0.05) is 18.1 Å². The van der Waals surface area contributed by atoms with Crippen LogP contribution in [0.2, 0.25) is 5.02 Å². The number of hydrogen-bond acceptors (Lipinski definition) is 6. The molecule has 0 bridgehead atoms. The molecule has 0 fully saturated rings. The molecule has 2 aromatic carbocycles. The molecule has 0 amide bonds. The van der Waals surface area contributed by atoms with Crippen LogP contribution >= 0.6 is 11.6 Å². The third kappa shape index (κ3) is 5.47. The van der Waals surface area contributed by atoms with Crippen LogP contribution in [0.4, 0.5) is 0 Å². The summed E-state index contributed by atoms with van der Waals surface area (Å²) in [5, 5.41) is 0.303. The molecular weight excluding hydrogens is 420 g/mol. The van der Waals surface area contributed by atoms with Gasteiger partial charge in [0.2, 0.25) is 10.0 Å². The number of carbonyl (C=O) groups excluding carboxylic acids is 1. The smallest absolute Gasteiger partial charge is 0.419 e. The lowest BCUT2D eigenvalue weighted by Crippen LogP contribution is -2.27. The maximum atomic E-state index is 12.1. The highest BCUT2D eigenvalue weighted by Gasteiger charge is 2.15. The van der Waals surface area contributed by atoms with E-state index in [2.05, 4.69) is 4.72 Å². The van der Waals surface area contributed by atoms with Crippen LogP contribution in [0.15, 0.2) is 62.6 Å². The molecule has 8 nitrogen and oxygen atoms in total. The van der Waals surface area contributed by atoms with Crippen molar-refractivity contribution in [3.8, 4) is 0 Å². The Bertz CT molecular complexity index is 1170. The third-order valence-electron chi connectivity index (χ3n) is 4.09. The van der Waals surface area contributed by atoms with Gasteiger partial charge < -0.3 is 9.15 Å². The van der Waals surface area contributed by atoms with E-state index in [1.165, 1.54) is 22.8 Å². The van der Waals surface area contributed by atoms with Crippen LogP contribution in [0.5, 0.6) is 0 Å². The number of aromatic nitrogens is 1. The van der Waals surface area contributed by atoms with Gasteiger partial charge in [-0.2, -0.15) is 0 Å². The van der Waals surface area contributed by atoms with Gasteiger partial charge in [-0.15, -0.1) is 0 Å². The summed E-state index contributed by atoms with van der Waals surface area (Å²) in [6, 6.07) is 12.9. The second kappa shape index (κ2) is 9.25. The number of oxazole rings is 1. The molecule has 0 unspecified atom stereocenters. The first-order valence-corrected chi connectivity index (χ1v) is 10.7. The first-order valence-electron chi connectivity index (χ1n) is 8.86. The maximum Gasteiger partial charge on any atom is 0.419 e. The van der Waals surface area contributed by atoms with E-state index in [4.69, 9.17) is 20.8 Å². The highest BCUT2D eigenvalue weighted by atomic mass is 35.5. The summed E-state index contributed by atoms with van der Waals surface area (Å²) in [6.07, 6.45) is 0.303. The first-order chi connectivity index (χ1) is 13.9. The molecule has 1 heterocycles. The minimum Gasteiger partial charge on any atom is -0.466 e. The van der Waals surface area contributed by atoms with Gasteiger partial charge in [-0.3, -0.25) is 9.36 Å². The highest BCUT2D eigenvalue weighted by molar-refractivity contribution is 7.89. The van der Waals surface area contributed by atoms with Crippen molar-refractivity contribution in [1.82, 2.24) is 9.29 Å². The van der Waals surface area contributed by atoms with Gasteiger partial charge in [-0.1, -0.05) is 29.8 Å². The Hall–Kier alpha value is -2.62. The summed E-state index contributed by atoms with van der Waals surface area (Å²) in [4.78, 5) is 23.7. The van der Waals surface area contributed by atoms with Gasteiger partial charge in [0.15, 0.2) is 5.58 Å². The number of sulfonamides is 1. The number of hydrogen-bond donors (Lipinski definition) is 1. The van der Waals surface area contributed by atoms with E-state index < -0.39 is 21.7 Å². The molecule has 1 aromatic heterocycles. The molecular formula is C19H19ClN2O6S. The maximum absolute atomic E-state index is 12.1. The molecule has 0 aliphatic heterocycles. The monoisotopic (exact) mass is 438 g/mol. The van der Waals surface area contributed by atoms with Crippen LogP contribution in [-0.4, -0.2) is 32.1 Å². The Balaban J connectivity index is 1.41. The summed E-state index contributed by atoms with van der Waals surface area (Å²) in [6.45, 7) is 0.343. The number of para-hydroxylation sites is 2. The number of halogens is 1. The van der Waals surface area contributed by atoms with Crippen LogP contribution in [0, 0.1) is 0 Å². The van der Waals surface area contributed by atoms with E-state index in [-0.39, 0.29) is 24.5 Å². The fourth-order valence-electron chi connectivity index (χ4n) is 2.71. The summed E-state index contributed by atoms with van der Waals surface area (Å²) in [5.74, 6) is -1.00. The highest BCUT2D eigenvalue weighted by Crippen LogP contribution is 2.15. The molecule has 0 radical (unpaired) electrons. The number of ether oxygens (including phenoxy) is 1.